The molecule has 2 rings (SSSR count). The predicted octanol–water partition coefficient (Wildman–Crippen LogP) is 3.08. The first-order chi connectivity index (χ1) is 10.1. The molecule has 0 aliphatic carbocycles. The Bertz CT molecular complexity index is 575. The number of carbonyl (C=O) groups excluding carboxylic acids is 1. The van der Waals surface area contributed by atoms with Crippen molar-refractivity contribution in [1.82, 2.24) is 5.32 Å². The van der Waals surface area contributed by atoms with Gasteiger partial charge < -0.3 is 14.8 Å². The van der Waals surface area contributed by atoms with E-state index in [1.165, 1.54) is 6.26 Å². The number of benzene rings is 1. The molecule has 1 aromatic heterocycles. The van der Waals surface area contributed by atoms with Crippen molar-refractivity contribution >= 4 is 5.91 Å². The molecule has 0 radical (unpaired) electrons. The van der Waals surface area contributed by atoms with Gasteiger partial charge >= 0.3 is 0 Å². The van der Waals surface area contributed by atoms with Gasteiger partial charge in [0, 0.05) is 18.2 Å². The molecule has 2 aromatic rings. The average molecular weight is 287 g/mol. The van der Waals surface area contributed by atoms with Crippen molar-refractivity contribution in [2.45, 2.75) is 26.3 Å². The van der Waals surface area contributed by atoms with Crippen molar-refractivity contribution in [3.05, 3.63) is 48.4 Å². The number of furan rings is 1. The van der Waals surface area contributed by atoms with E-state index in [1.54, 1.807) is 6.07 Å². The second-order valence-corrected chi connectivity index (χ2v) is 5.37. The lowest BCUT2D eigenvalue weighted by Gasteiger charge is -2.21. The molecule has 0 spiro atoms. The summed E-state index contributed by atoms with van der Waals surface area (Å²) in [5, 5.41) is 12.0. The van der Waals surface area contributed by atoms with Gasteiger partial charge in [0.05, 0.1) is 6.26 Å². The van der Waals surface area contributed by atoms with Gasteiger partial charge in [-0.1, -0.05) is 44.2 Å². The normalized spacial score (nSPS) is 12.4. The van der Waals surface area contributed by atoms with Gasteiger partial charge in [-0.3, -0.25) is 4.79 Å². The smallest absolute Gasteiger partial charge is 0.287 e. The minimum atomic E-state index is -0.244. The minimum Gasteiger partial charge on any atom is -0.459 e. The summed E-state index contributed by atoms with van der Waals surface area (Å²) in [5.74, 6) is 0.312. The van der Waals surface area contributed by atoms with E-state index < -0.39 is 0 Å². The van der Waals surface area contributed by atoms with E-state index in [4.69, 9.17) is 9.52 Å². The zero-order chi connectivity index (χ0) is 15.2. The van der Waals surface area contributed by atoms with E-state index in [-0.39, 0.29) is 24.5 Å². The number of nitrogens with one attached hydrogen (secondary N) is 1. The summed E-state index contributed by atoms with van der Waals surface area (Å²) in [6.45, 7) is 4.08. The molecule has 1 heterocycles. The van der Waals surface area contributed by atoms with Crippen LogP contribution in [0.4, 0.5) is 0 Å². The standard InChI is InChI=1S/C17H21NO3/c1-12(2)15(8-10-19)18-17(20)16-14(9-11-21-16)13-6-4-3-5-7-13/h3-7,9,11-12,15,19H,8,10H2,1-2H3,(H,18,20). The molecule has 4 nitrogen and oxygen atoms in total. The van der Waals surface area contributed by atoms with Gasteiger partial charge in [-0.2, -0.15) is 0 Å². The molecular formula is C17H21NO3. The fourth-order valence-electron chi connectivity index (χ4n) is 2.28. The second kappa shape index (κ2) is 7.09. The molecule has 0 bridgehead atoms. The first-order valence-corrected chi connectivity index (χ1v) is 7.18. The van der Waals surface area contributed by atoms with E-state index in [0.29, 0.717) is 12.2 Å². The van der Waals surface area contributed by atoms with Crippen LogP contribution in [0.2, 0.25) is 0 Å². The Hall–Kier alpha value is -2.07. The third-order valence-corrected chi connectivity index (χ3v) is 3.52. The maximum absolute atomic E-state index is 12.4. The zero-order valence-electron chi connectivity index (χ0n) is 12.4. The molecule has 1 amide bonds. The van der Waals surface area contributed by atoms with Crippen molar-refractivity contribution in [3.63, 3.8) is 0 Å². The zero-order valence-corrected chi connectivity index (χ0v) is 12.4. The van der Waals surface area contributed by atoms with Crippen molar-refractivity contribution < 1.29 is 14.3 Å². The Labute approximate surface area is 124 Å². The van der Waals surface area contributed by atoms with Gasteiger partial charge in [0.1, 0.15) is 0 Å². The molecule has 0 aliphatic rings. The maximum Gasteiger partial charge on any atom is 0.287 e. The van der Waals surface area contributed by atoms with Crippen LogP contribution in [0.5, 0.6) is 0 Å². The molecule has 1 aromatic carbocycles. The summed E-state index contributed by atoms with van der Waals surface area (Å²) in [6, 6.07) is 11.4. The molecule has 112 valence electrons. The van der Waals surface area contributed by atoms with Crippen LogP contribution >= 0.6 is 0 Å². The van der Waals surface area contributed by atoms with Crippen LogP contribution in [0.1, 0.15) is 30.8 Å². The number of aliphatic hydroxyl groups excluding tert-OH is 1. The fourth-order valence-corrected chi connectivity index (χ4v) is 2.28. The Kier molecular flexibility index (Phi) is 5.17. The molecule has 1 unspecified atom stereocenters. The Morgan fingerprint density at radius 2 is 1.95 bits per heavy atom. The lowest BCUT2D eigenvalue weighted by atomic mass is 10.0. The third kappa shape index (κ3) is 3.73. The Morgan fingerprint density at radius 3 is 2.57 bits per heavy atom. The summed E-state index contributed by atoms with van der Waals surface area (Å²) in [4.78, 5) is 12.4. The van der Waals surface area contributed by atoms with Gasteiger partial charge in [0.2, 0.25) is 0 Å². The molecule has 0 saturated heterocycles. The van der Waals surface area contributed by atoms with Crippen LogP contribution in [0.25, 0.3) is 11.1 Å². The van der Waals surface area contributed by atoms with Crippen LogP contribution in [0.15, 0.2) is 47.1 Å². The van der Waals surface area contributed by atoms with Gasteiger partial charge in [0.25, 0.3) is 5.91 Å². The van der Waals surface area contributed by atoms with E-state index in [2.05, 4.69) is 5.32 Å². The van der Waals surface area contributed by atoms with Crippen molar-refractivity contribution in [3.8, 4) is 11.1 Å². The highest BCUT2D eigenvalue weighted by atomic mass is 16.3. The monoisotopic (exact) mass is 287 g/mol. The molecule has 21 heavy (non-hydrogen) atoms. The summed E-state index contributed by atoms with van der Waals surface area (Å²) in [6.07, 6.45) is 2.05. The quantitative estimate of drug-likeness (QED) is 0.858. The van der Waals surface area contributed by atoms with Crippen molar-refractivity contribution in [1.29, 1.82) is 0 Å². The summed E-state index contributed by atoms with van der Waals surface area (Å²) >= 11 is 0. The van der Waals surface area contributed by atoms with Crippen LogP contribution in [-0.2, 0) is 0 Å². The number of hydrogen-bond donors (Lipinski definition) is 2. The Morgan fingerprint density at radius 1 is 1.24 bits per heavy atom. The van der Waals surface area contributed by atoms with Crippen molar-refractivity contribution in [2.24, 2.45) is 5.92 Å². The predicted molar refractivity (Wildman–Crippen MR) is 81.9 cm³/mol. The van der Waals surface area contributed by atoms with Gasteiger partial charge in [0.15, 0.2) is 5.76 Å². The van der Waals surface area contributed by atoms with E-state index in [0.717, 1.165) is 11.1 Å². The molecule has 1 atom stereocenters. The highest BCUT2D eigenvalue weighted by molar-refractivity contribution is 5.98. The first kappa shape index (κ1) is 15.3. The van der Waals surface area contributed by atoms with E-state index in [9.17, 15) is 4.79 Å². The summed E-state index contributed by atoms with van der Waals surface area (Å²) in [5.41, 5.74) is 1.72. The average Bonchev–Trinajstić information content (AvgIpc) is 2.97. The van der Waals surface area contributed by atoms with E-state index >= 15 is 0 Å². The molecule has 0 saturated carbocycles. The molecule has 4 heteroatoms. The number of aliphatic hydroxyl groups is 1. The lowest BCUT2D eigenvalue weighted by molar-refractivity contribution is 0.0889. The third-order valence-electron chi connectivity index (χ3n) is 3.52. The van der Waals surface area contributed by atoms with Gasteiger partial charge in [-0.05, 0) is 24.0 Å². The molecule has 0 fully saturated rings. The highest BCUT2D eigenvalue weighted by Crippen LogP contribution is 2.24. The van der Waals surface area contributed by atoms with Crippen LogP contribution in [0.3, 0.4) is 0 Å². The SMILES string of the molecule is CC(C)C(CCO)NC(=O)c1occc1-c1ccccc1. The van der Waals surface area contributed by atoms with E-state index in [1.807, 2.05) is 44.2 Å². The summed E-state index contributed by atoms with van der Waals surface area (Å²) in [7, 11) is 0. The maximum atomic E-state index is 12.4. The summed E-state index contributed by atoms with van der Waals surface area (Å²) < 4.78 is 5.37. The number of hydrogen-bond acceptors (Lipinski definition) is 3. The van der Waals surface area contributed by atoms with Crippen molar-refractivity contribution in [2.75, 3.05) is 6.61 Å². The number of carbonyl (C=O) groups is 1. The minimum absolute atomic E-state index is 0.0484. The van der Waals surface area contributed by atoms with Gasteiger partial charge in [-0.25, -0.2) is 0 Å². The first-order valence-electron chi connectivity index (χ1n) is 7.18. The van der Waals surface area contributed by atoms with Crippen LogP contribution in [-0.4, -0.2) is 23.7 Å². The topological polar surface area (TPSA) is 62.5 Å². The molecule has 2 N–H and O–H groups in total. The number of amides is 1. The highest BCUT2D eigenvalue weighted by Gasteiger charge is 2.21. The molecule has 0 aliphatic heterocycles. The van der Waals surface area contributed by atoms with Crippen LogP contribution < -0.4 is 5.32 Å². The Balaban J connectivity index is 2.19. The molecular weight excluding hydrogens is 266 g/mol. The van der Waals surface area contributed by atoms with Gasteiger partial charge in [-0.15, -0.1) is 0 Å². The van der Waals surface area contributed by atoms with Crippen LogP contribution in [0, 0.1) is 5.92 Å². The lowest BCUT2D eigenvalue weighted by Crippen LogP contribution is -2.39. The number of rotatable bonds is 6. The second-order valence-electron chi connectivity index (χ2n) is 5.37. The fraction of sp³-hybridized carbons (Fsp3) is 0.353. The largest absolute Gasteiger partial charge is 0.459 e.